The van der Waals surface area contributed by atoms with Gasteiger partial charge in [-0.15, -0.1) is 0 Å². The highest BCUT2D eigenvalue weighted by Crippen LogP contribution is 2.45. The number of fused-ring (bicyclic) bond motifs is 1. The van der Waals surface area contributed by atoms with E-state index >= 15 is 0 Å². The second-order valence-corrected chi connectivity index (χ2v) is 6.61. The predicted octanol–water partition coefficient (Wildman–Crippen LogP) is 4.17. The van der Waals surface area contributed by atoms with Crippen molar-refractivity contribution in [2.45, 2.75) is 24.8 Å². The Morgan fingerprint density at radius 2 is 1.87 bits per heavy atom. The Balaban J connectivity index is 1.51. The van der Waals surface area contributed by atoms with Gasteiger partial charge in [-0.2, -0.15) is 0 Å². The molecule has 23 heavy (non-hydrogen) atoms. The number of amides is 1. The molecule has 1 aromatic heterocycles. The zero-order valence-electron chi connectivity index (χ0n) is 12.6. The summed E-state index contributed by atoms with van der Waals surface area (Å²) in [6.07, 6.45) is 4.27. The molecule has 0 spiro atoms. The molecule has 4 heteroatoms. The predicted molar refractivity (Wildman–Crippen MR) is 92.5 cm³/mol. The first kappa shape index (κ1) is 14.3. The Hall–Kier alpha value is -2.26. The Bertz CT molecular complexity index is 862. The smallest absolute Gasteiger partial charge is 0.225 e. The van der Waals surface area contributed by atoms with Gasteiger partial charge in [0.05, 0.1) is 12.0 Å². The summed E-state index contributed by atoms with van der Waals surface area (Å²) in [6, 6.07) is 15.8. The van der Waals surface area contributed by atoms with Crippen molar-refractivity contribution in [3.05, 3.63) is 70.9 Å². The number of hydrogen-bond donors (Lipinski definition) is 2. The number of carbonyl (C=O) groups is 1. The van der Waals surface area contributed by atoms with E-state index in [0.717, 1.165) is 39.9 Å². The molecule has 2 N–H and O–H groups in total. The normalized spacial score (nSPS) is 15.5. The maximum atomic E-state index is 12.5. The van der Waals surface area contributed by atoms with E-state index in [2.05, 4.69) is 10.3 Å². The highest BCUT2D eigenvalue weighted by molar-refractivity contribution is 6.30. The second-order valence-electron chi connectivity index (χ2n) is 6.17. The minimum Gasteiger partial charge on any atom is -0.361 e. The summed E-state index contributed by atoms with van der Waals surface area (Å²) in [5.41, 5.74) is 3.03. The minimum atomic E-state index is -0.201. The summed E-state index contributed by atoms with van der Waals surface area (Å²) < 4.78 is 0. The summed E-state index contributed by atoms with van der Waals surface area (Å²) >= 11 is 5.95. The van der Waals surface area contributed by atoms with Gasteiger partial charge in [-0.3, -0.25) is 4.79 Å². The average Bonchev–Trinajstić information content (AvgIpc) is 3.22. The highest BCUT2D eigenvalue weighted by Gasteiger charge is 2.45. The number of rotatable bonds is 4. The zero-order valence-corrected chi connectivity index (χ0v) is 13.4. The molecule has 3 aromatic rings. The van der Waals surface area contributed by atoms with Crippen LogP contribution in [0, 0.1) is 0 Å². The monoisotopic (exact) mass is 324 g/mol. The molecule has 1 heterocycles. The van der Waals surface area contributed by atoms with Gasteiger partial charge >= 0.3 is 0 Å². The van der Waals surface area contributed by atoms with Crippen molar-refractivity contribution in [3.8, 4) is 0 Å². The molecule has 0 radical (unpaired) electrons. The maximum absolute atomic E-state index is 12.5. The molecular weight excluding hydrogens is 308 g/mol. The Morgan fingerprint density at radius 1 is 1.13 bits per heavy atom. The molecule has 1 amide bonds. The van der Waals surface area contributed by atoms with Crippen molar-refractivity contribution in [2.24, 2.45) is 0 Å². The molecule has 1 fully saturated rings. The van der Waals surface area contributed by atoms with Gasteiger partial charge in [0.15, 0.2) is 0 Å². The molecule has 1 saturated carbocycles. The molecule has 4 rings (SSSR count). The average molecular weight is 325 g/mol. The van der Waals surface area contributed by atoms with Gasteiger partial charge in [0.2, 0.25) is 5.91 Å². The van der Waals surface area contributed by atoms with Crippen LogP contribution in [-0.2, 0) is 16.8 Å². The van der Waals surface area contributed by atoms with Crippen LogP contribution < -0.4 is 5.32 Å². The van der Waals surface area contributed by atoms with Crippen LogP contribution >= 0.6 is 11.6 Å². The SMILES string of the molecule is O=C(Cc1c[nH]c2ccccc12)NC1(c2ccc(Cl)cc2)CC1. The Kier molecular flexibility index (Phi) is 3.38. The number of para-hydroxylation sites is 1. The first-order valence-corrected chi connectivity index (χ1v) is 8.16. The van der Waals surface area contributed by atoms with Gasteiger partial charge in [-0.1, -0.05) is 41.9 Å². The lowest BCUT2D eigenvalue weighted by Crippen LogP contribution is -2.35. The topological polar surface area (TPSA) is 44.9 Å². The molecule has 0 aliphatic heterocycles. The molecule has 2 aromatic carbocycles. The molecule has 116 valence electrons. The Labute approximate surface area is 139 Å². The third-order valence-corrected chi connectivity index (χ3v) is 4.80. The second kappa shape index (κ2) is 5.43. The lowest BCUT2D eigenvalue weighted by Gasteiger charge is -2.18. The van der Waals surface area contributed by atoms with Crippen molar-refractivity contribution in [3.63, 3.8) is 0 Å². The van der Waals surface area contributed by atoms with Gasteiger partial charge in [-0.25, -0.2) is 0 Å². The van der Waals surface area contributed by atoms with E-state index < -0.39 is 0 Å². The number of nitrogens with one attached hydrogen (secondary N) is 2. The zero-order chi connectivity index (χ0) is 15.9. The lowest BCUT2D eigenvalue weighted by molar-refractivity contribution is -0.121. The van der Waals surface area contributed by atoms with Crippen molar-refractivity contribution in [1.29, 1.82) is 0 Å². The van der Waals surface area contributed by atoms with Crippen LogP contribution in [0.4, 0.5) is 0 Å². The van der Waals surface area contributed by atoms with E-state index in [9.17, 15) is 4.79 Å². The number of H-pyrrole nitrogens is 1. The first-order valence-electron chi connectivity index (χ1n) is 7.78. The van der Waals surface area contributed by atoms with Crippen LogP contribution in [0.2, 0.25) is 5.02 Å². The standard InChI is InChI=1S/C19H17ClN2O/c20-15-7-5-14(6-8-15)19(9-10-19)22-18(23)11-13-12-21-17-4-2-1-3-16(13)17/h1-8,12,21H,9-11H2,(H,22,23). The van der Waals surface area contributed by atoms with Crippen molar-refractivity contribution in [2.75, 3.05) is 0 Å². The molecule has 0 saturated heterocycles. The van der Waals surface area contributed by atoms with Crippen molar-refractivity contribution < 1.29 is 4.79 Å². The molecule has 1 aliphatic rings. The fourth-order valence-corrected chi connectivity index (χ4v) is 3.27. The first-order chi connectivity index (χ1) is 11.2. The van der Waals surface area contributed by atoms with Crippen LogP contribution in [0.1, 0.15) is 24.0 Å². The molecule has 0 atom stereocenters. The largest absolute Gasteiger partial charge is 0.361 e. The quantitative estimate of drug-likeness (QED) is 0.743. The van der Waals surface area contributed by atoms with Gasteiger partial charge < -0.3 is 10.3 Å². The molecule has 0 bridgehead atoms. The highest BCUT2D eigenvalue weighted by atomic mass is 35.5. The van der Waals surface area contributed by atoms with E-state index in [1.807, 2.05) is 54.7 Å². The fourth-order valence-electron chi connectivity index (χ4n) is 3.14. The molecule has 3 nitrogen and oxygen atoms in total. The van der Waals surface area contributed by atoms with Crippen LogP contribution in [0.15, 0.2) is 54.7 Å². The van der Waals surface area contributed by atoms with Gasteiger partial charge in [0, 0.05) is 22.1 Å². The van der Waals surface area contributed by atoms with Crippen LogP contribution in [0.5, 0.6) is 0 Å². The Morgan fingerprint density at radius 3 is 2.61 bits per heavy atom. The van der Waals surface area contributed by atoms with Crippen molar-refractivity contribution >= 4 is 28.4 Å². The van der Waals surface area contributed by atoms with Gasteiger partial charge in [-0.05, 0) is 42.2 Å². The molecule has 1 aliphatic carbocycles. The summed E-state index contributed by atoms with van der Waals surface area (Å²) in [5.74, 6) is 0.0576. The number of aromatic amines is 1. The summed E-state index contributed by atoms with van der Waals surface area (Å²) in [6.45, 7) is 0. The van der Waals surface area contributed by atoms with E-state index in [1.54, 1.807) is 0 Å². The number of benzene rings is 2. The third-order valence-electron chi connectivity index (χ3n) is 4.55. The van der Waals surface area contributed by atoms with E-state index in [-0.39, 0.29) is 11.4 Å². The third kappa shape index (κ3) is 2.73. The number of halogens is 1. The van der Waals surface area contributed by atoms with E-state index in [4.69, 9.17) is 11.6 Å². The molecular formula is C19H17ClN2O. The summed E-state index contributed by atoms with van der Waals surface area (Å²) in [7, 11) is 0. The van der Waals surface area contributed by atoms with Crippen LogP contribution in [0.3, 0.4) is 0 Å². The number of aromatic nitrogens is 1. The minimum absolute atomic E-state index is 0.0576. The summed E-state index contributed by atoms with van der Waals surface area (Å²) in [5, 5.41) is 5.04. The molecule has 0 unspecified atom stereocenters. The summed E-state index contributed by atoms with van der Waals surface area (Å²) in [4.78, 5) is 15.7. The van der Waals surface area contributed by atoms with Gasteiger partial charge in [0.1, 0.15) is 0 Å². The van der Waals surface area contributed by atoms with Gasteiger partial charge in [0.25, 0.3) is 0 Å². The van der Waals surface area contributed by atoms with Crippen LogP contribution in [-0.4, -0.2) is 10.9 Å². The van der Waals surface area contributed by atoms with E-state index in [0.29, 0.717) is 6.42 Å². The van der Waals surface area contributed by atoms with Crippen LogP contribution in [0.25, 0.3) is 10.9 Å². The van der Waals surface area contributed by atoms with E-state index in [1.165, 1.54) is 0 Å². The fraction of sp³-hybridized carbons (Fsp3) is 0.211. The maximum Gasteiger partial charge on any atom is 0.225 e. The number of carbonyl (C=O) groups excluding carboxylic acids is 1. The van der Waals surface area contributed by atoms with Crippen molar-refractivity contribution in [1.82, 2.24) is 10.3 Å². The lowest BCUT2D eigenvalue weighted by atomic mass is 10.0. The number of hydrogen-bond acceptors (Lipinski definition) is 1.